The quantitative estimate of drug-likeness (QED) is 0.879. The number of aromatic nitrogens is 2. The molecule has 5 heteroatoms. The molecule has 1 aliphatic heterocycles. The highest BCUT2D eigenvalue weighted by atomic mass is 79.9. The SMILES string of the molecule is NC1CCc2c(-c3ccc(Br)s3)ncn2C1. The second kappa shape index (κ2) is 3.98. The van der Waals surface area contributed by atoms with Crippen molar-refractivity contribution in [1.29, 1.82) is 0 Å². The first kappa shape index (κ1) is 10.5. The van der Waals surface area contributed by atoms with Gasteiger partial charge in [0.2, 0.25) is 0 Å². The number of thiophene rings is 1. The van der Waals surface area contributed by atoms with Crippen LogP contribution in [0.3, 0.4) is 0 Å². The molecular formula is C11H12BrN3S. The number of fused-ring (bicyclic) bond motifs is 1. The average molecular weight is 298 g/mol. The zero-order chi connectivity index (χ0) is 11.1. The maximum Gasteiger partial charge on any atom is 0.101 e. The third kappa shape index (κ3) is 1.73. The summed E-state index contributed by atoms with van der Waals surface area (Å²) in [6, 6.07) is 4.47. The van der Waals surface area contributed by atoms with Gasteiger partial charge in [-0.2, -0.15) is 0 Å². The molecule has 0 saturated heterocycles. The molecule has 2 aromatic heterocycles. The topological polar surface area (TPSA) is 43.8 Å². The lowest BCUT2D eigenvalue weighted by Gasteiger charge is -2.20. The lowest BCUT2D eigenvalue weighted by Crippen LogP contribution is -2.31. The zero-order valence-electron chi connectivity index (χ0n) is 8.69. The first-order valence-electron chi connectivity index (χ1n) is 5.29. The van der Waals surface area contributed by atoms with Gasteiger partial charge in [0, 0.05) is 18.3 Å². The standard InChI is InChI=1S/C11H12BrN3S/c12-10-4-3-9(16-10)11-8-2-1-7(13)5-15(8)6-14-11/h3-4,6-7H,1-2,5,13H2. The Morgan fingerprint density at radius 2 is 2.38 bits per heavy atom. The Hall–Kier alpha value is -0.650. The van der Waals surface area contributed by atoms with Gasteiger partial charge < -0.3 is 10.3 Å². The minimum Gasteiger partial charge on any atom is -0.332 e. The van der Waals surface area contributed by atoms with E-state index in [1.807, 2.05) is 6.33 Å². The number of halogens is 1. The molecule has 1 aliphatic rings. The molecule has 0 fully saturated rings. The highest BCUT2D eigenvalue weighted by Crippen LogP contribution is 2.33. The first-order valence-corrected chi connectivity index (χ1v) is 6.90. The number of nitrogens with zero attached hydrogens (tertiary/aromatic N) is 2. The summed E-state index contributed by atoms with van der Waals surface area (Å²) in [5.74, 6) is 0. The van der Waals surface area contributed by atoms with Gasteiger partial charge in [-0.15, -0.1) is 11.3 Å². The van der Waals surface area contributed by atoms with Gasteiger partial charge in [-0.25, -0.2) is 4.98 Å². The summed E-state index contributed by atoms with van der Waals surface area (Å²) in [5.41, 5.74) is 8.41. The summed E-state index contributed by atoms with van der Waals surface area (Å²) in [6.07, 6.45) is 4.01. The summed E-state index contributed by atoms with van der Waals surface area (Å²) in [4.78, 5) is 5.75. The molecule has 0 aliphatic carbocycles. The highest BCUT2D eigenvalue weighted by Gasteiger charge is 2.20. The zero-order valence-corrected chi connectivity index (χ0v) is 11.1. The summed E-state index contributed by atoms with van der Waals surface area (Å²) >= 11 is 5.22. The van der Waals surface area contributed by atoms with Crippen molar-refractivity contribution in [3.8, 4) is 10.6 Å². The molecule has 3 nitrogen and oxygen atoms in total. The van der Waals surface area contributed by atoms with Crippen molar-refractivity contribution >= 4 is 27.3 Å². The Morgan fingerprint density at radius 3 is 3.12 bits per heavy atom. The summed E-state index contributed by atoms with van der Waals surface area (Å²) in [7, 11) is 0. The van der Waals surface area contributed by atoms with Gasteiger partial charge in [0.15, 0.2) is 0 Å². The average Bonchev–Trinajstić information content (AvgIpc) is 2.83. The molecule has 1 unspecified atom stereocenters. The van der Waals surface area contributed by atoms with E-state index in [9.17, 15) is 0 Å². The van der Waals surface area contributed by atoms with Gasteiger partial charge in [0.1, 0.15) is 5.69 Å². The van der Waals surface area contributed by atoms with Gasteiger partial charge >= 0.3 is 0 Å². The van der Waals surface area contributed by atoms with Crippen molar-refractivity contribution in [2.24, 2.45) is 5.73 Å². The summed E-state index contributed by atoms with van der Waals surface area (Å²) < 4.78 is 3.34. The monoisotopic (exact) mass is 297 g/mol. The van der Waals surface area contributed by atoms with Crippen molar-refractivity contribution in [1.82, 2.24) is 9.55 Å². The smallest absolute Gasteiger partial charge is 0.101 e. The van der Waals surface area contributed by atoms with Crippen LogP contribution in [0, 0.1) is 0 Å². The molecule has 0 saturated carbocycles. The van der Waals surface area contributed by atoms with Crippen LogP contribution in [-0.4, -0.2) is 15.6 Å². The maximum absolute atomic E-state index is 5.95. The van der Waals surface area contributed by atoms with E-state index in [4.69, 9.17) is 5.73 Å². The molecule has 0 aromatic carbocycles. The van der Waals surface area contributed by atoms with E-state index in [2.05, 4.69) is 37.6 Å². The number of imidazole rings is 1. The number of rotatable bonds is 1. The van der Waals surface area contributed by atoms with Crippen LogP contribution in [0.2, 0.25) is 0 Å². The van der Waals surface area contributed by atoms with E-state index >= 15 is 0 Å². The lowest BCUT2D eigenvalue weighted by molar-refractivity contribution is 0.461. The van der Waals surface area contributed by atoms with E-state index in [1.165, 1.54) is 10.6 Å². The fourth-order valence-electron chi connectivity index (χ4n) is 2.14. The number of nitrogens with two attached hydrogens (primary N) is 1. The van der Waals surface area contributed by atoms with E-state index in [1.54, 1.807) is 11.3 Å². The fourth-order valence-corrected chi connectivity index (χ4v) is 3.55. The molecule has 0 bridgehead atoms. The van der Waals surface area contributed by atoms with Gasteiger partial charge in [0.05, 0.1) is 15.0 Å². The first-order chi connectivity index (χ1) is 7.74. The predicted octanol–water partition coefficient (Wildman–Crippen LogP) is 2.65. The van der Waals surface area contributed by atoms with Crippen molar-refractivity contribution in [2.75, 3.05) is 0 Å². The molecule has 3 heterocycles. The van der Waals surface area contributed by atoms with E-state index in [0.29, 0.717) is 0 Å². The van der Waals surface area contributed by atoms with E-state index < -0.39 is 0 Å². The molecule has 84 valence electrons. The largest absolute Gasteiger partial charge is 0.332 e. The van der Waals surface area contributed by atoms with E-state index in [0.717, 1.165) is 28.9 Å². The Morgan fingerprint density at radius 1 is 1.50 bits per heavy atom. The molecule has 0 amide bonds. The van der Waals surface area contributed by atoms with Crippen LogP contribution in [0.5, 0.6) is 0 Å². The lowest BCUT2D eigenvalue weighted by atomic mass is 10.0. The molecule has 16 heavy (non-hydrogen) atoms. The van der Waals surface area contributed by atoms with Crippen LogP contribution in [0.4, 0.5) is 0 Å². The van der Waals surface area contributed by atoms with Crippen LogP contribution in [-0.2, 0) is 13.0 Å². The Bertz CT molecular complexity index is 517. The van der Waals surface area contributed by atoms with Crippen LogP contribution in [0.15, 0.2) is 22.2 Å². The molecular weight excluding hydrogens is 286 g/mol. The van der Waals surface area contributed by atoms with Gasteiger partial charge in [0.25, 0.3) is 0 Å². The van der Waals surface area contributed by atoms with Crippen molar-refractivity contribution in [3.05, 3.63) is 27.9 Å². The molecule has 2 aromatic rings. The maximum atomic E-state index is 5.95. The Balaban J connectivity index is 2.03. The Labute approximate surface area is 106 Å². The minimum atomic E-state index is 0.282. The van der Waals surface area contributed by atoms with Crippen LogP contribution < -0.4 is 5.73 Å². The van der Waals surface area contributed by atoms with Crippen molar-refractivity contribution in [2.45, 2.75) is 25.4 Å². The summed E-state index contributed by atoms with van der Waals surface area (Å²) in [6.45, 7) is 0.898. The number of hydrogen-bond acceptors (Lipinski definition) is 3. The van der Waals surface area contributed by atoms with Gasteiger partial charge in [-0.3, -0.25) is 0 Å². The third-order valence-corrected chi connectivity index (χ3v) is 4.57. The summed E-state index contributed by atoms with van der Waals surface area (Å²) in [5, 5.41) is 0. The van der Waals surface area contributed by atoms with E-state index in [-0.39, 0.29) is 6.04 Å². The molecule has 1 atom stereocenters. The molecule has 3 rings (SSSR count). The van der Waals surface area contributed by atoms with Gasteiger partial charge in [-0.1, -0.05) is 0 Å². The number of hydrogen-bond donors (Lipinski definition) is 1. The second-order valence-electron chi connectivity index (χ2n) is 4.09. The second-order valence-corrected chi connectivity index (χ2v) is 6.56. The normalized spacial score (nSPS) is 19.8. The molecule has 0 spiro atoms. The van der Waals surface area contributed by atoms with Crippen LogP contribution in [0.1, 0.15) is 12.1 Å². The van der Waals surface area contributed by atoms with Crippen molar-refractivity contribution < 1.29 is 0 Å². The third-order valence-electron chi connectivity index (χ3n) is 2.94. The van der Waals surface area contributed by atoms with Gasteiger partial charge in [-0.05, 0) is 40.9 Å². The molecule has 2 N–H and O–H groups in total. The molecule has 0 radical (unpaired) electrons. The Kier molecular flexibility index (Phi) is 2.61. The van der Waals surface area contributed by atoms with Crippen LogP contribution >= 0.6 is 27.3 Å². The highest BCUT2D eigenvalue weighted by molar-refractivity contribution is 9.11. The minimum absolute atomic E-state index is 0.282. The predicted molar refractivity (Wildman–Crippen MR) is 69.5 cm³/mol. The fraction of sp³-hybridized carbons (Fsp3) is 0.364. The van der Waals surface area contributed by atoms with Crippen molar-refractivity contribution in [3.63, 3.8) is 0 Å². The van der Waals surface area contributed by atoms with Crippen LogP contribution in [0.25, 0.3) is 10.6 Å².